The van der Waals surface area contributed by atoms with E-state index in [0.717, 1.165) is 32.4 Å². The number of hydrogen-bond donors (Lipinski definition) is 1. The maximum absolute atomic E-state index is 5.12. The minimum absolute atomic E-state index is 0.899. The van der Waals surface area contributed by atoms with E-state index in [-0.39, 0.29) is 0 Å². The number of hydrogen-bond acceptors (Lipinski definition) is 1. The summed E-state index contributed by atoms with van der Waals surface area (Å²) in [4.78, 5) is 0. The van der Waals surface area contributed by atoms with Crippen molar-refractivity contribution < 1.29 is 0 Å². The lowest BCUT2D eigenvalue weighted by molar-refractivity contribution is 0.636. The molecule has 1 nitrogen and oxygen atoms in total. The van der Waals surface area contributed by atoms with E-state index in [1.807, 2.05) is 6.92 Å². The first-order chi connectivity index (χ1) is 5.91. The largest absolute Gasteiger partial charge is 0.316 e. The van der Waals surface area contributed by atoms with Gasteiger partial charge in [0.1, 0.15) is 0 Å². The Morgan fingerprint density at radius 1 is 1.17 bits per heavy atom. The molecule has 0 fully saturated rings. The predicted octanol–water partition coefficient (Wildman–Crippen LogP) is 1.79. The van der Waals surface area contributed by atoms with Crippen molar-refractivity contribution in [3.8, 4) is 24.2 Å². The van der Waals surface area contributed by atoms with Crippen molar-refractivity contribution in [2.75, 3.05) is 13.1 Å². The zero-order chi connectivity index (χ0) is 9.07. The van der Waals surface area contributed by atoms with E-state index in [2.05, 4.69) is 23.1 Å². The zero-order valence-corrected chi connectivity index (χ0v) is 7.82. The van der Waals surface area contributed by atoms with Gasteiger partial charge in [0.05, 0.1) is 0 Å². The molecule has 0 aliphatic rings. The van der Waals surface area contributed by atoms with Crippen molar-refractivity contribution in [2.45, 2.75) is 32.6 Å². The molecule has 0 radical (unpaired) electrons. The molecule has 0 aliphatic carbocycles. The van der Waals surface area contributed by atoms with Crippen molar-refractivity contribution in [3.63, 3.8) is 0 Å². The Bertz CT molecular complexity index is 177. The van der Waals surface area contributed by atoms with Crippen LogP contribution in [0.15, 0.2) is 0 Å². The minimum Gasteiger partial charge on any atom is -0.316 e. The molecule has 12 heavy (non-hydrogen) atoms. The highest BCUT2D eigenvalue weighted by Gasteiger charge is 1.85. The summed E-state index contributed by atoms with van der Waals surface area (Å²) in [6.07, 6.45) is 9.27. The van der Waals surface area contributed by atoms with Crippen LogP contribution in [0.3, 0.4) is 0 Å². The van der Waals surface area contributed by atoms with Gasteiger partial charge < -0.3 is 5.32 Å². The average molecular weight is 163 g/mol. The van der Waals surface area contributed by atoms with Crippen molar-refractivity contribution in [2.24, 2.45) is 0 Å². The quantitative estimate of drug-likeness (QED) is 0.465. The zero-order valence-electron chi connectivity index (χ0n) is 7.82. The van der Waals surface area contributed by atoms with Gasteiger partial charge in [0.25, 0.3) is 0 Å². The Morgan fingerprint density at radius 3 is 2.67 bits per heavy atom. The van der Waals surface area contributed by atoms with Gasteiger partial charge in [0, 0.05) is 19.4 Å². The van der Waals surface area contributed by atoms with Gasteiger partial charge in [-0.15, -0.1) is 24.2 Å². The fourth-order valence-corrected chi connectivity index (χ4v) is 0.878. The Labute approximate surface area is 75.9 Å². The van der Waals surface area contributed by atoms with E-state index >= 15 is 0 Å². The number of nitrogens with one attached hydrogen (secondary N) is 1. The van der Waals surface area contributed by atoms with Crippen LogP contribution in [0, 0.1) is 24.2 Å². The predicted molar refractivity (Wildman–Crippen MR) is 53.6 cm³/mol. The molecule has 1 heteroatoms. The highest BCUT2D eigenvalue weighted by Crippen LogP contribution is 1.90. The fraction of sp³-hybridized carbons (Fsp3) is 0.636. The molecule has 0 aromatic carbocycles. The standard InChI is InChI=1S/C11H17N/c1-3-5-7-9-11-12-10-8-6-4-2/h1,12H,5,7-11H2,2H3. The number of rotatable bonds is 6. The Morgan fingerprint density at radius 2 is 2.00 bits per heavy atom. The first kappa shape index (κ1) is 11.1. The van der Waals surface area contributed by atoms with Crippen LogP contribution in [0.5, 0.6) is 0 Å². The molecule has 0 aliphatic heterocycles. The van der Waals surface area contributed by atoms with Crippen LogP contribution in [-0.2, 0) is 0 Å². The van der Waals surface area contributed by atoms with Crippen LogP contribution < -0.4 is 5.32 Å². The molecule has 0 amide bonds. The monoisotopic (exact) mass is 163 g/mol. The van der Waals surface area contributed by atoms with Gasteiger partial charge in [-0.05, 0) is 26.3 Å². The number of unbranched alkanes of at least 4 members (excludes halogenated alkanes) is 2. The summed E-state index contributed by atoms with van der Waals surface area (Å²) in [6.45, 7) is 3.93. The smallest absolute Gasteiger partial charge is 0.0214 e. The molecule has 0 bridgehead atoms. The van der Waals surface area contributed by atoms with Crippen LogP contribution in [0.2, 0.25) is 0 Å². The minimum atomic E-state index is 0.899. The van der Waals surface area contributed by atoms with Gasteiger partial charge in [-0.1, -0.05) is 0 Å². The van der Waals surface area contributed by atoms with Crippen LogP contribution >= 0.6 is 0 Å². The van der Waals surface area contributed by atoms with Crippen LogP contribution in [0.1, 0.15) is 32.6 Å². The molecule has 66 valence electrons. The molecule has 0 aromatic heterocycles. The molecule has 0 heterocycles. The van der Waals surface area contributed by atoms with Gasteiger partial charge >= 0.3 is 0 Å². The van der Waals surface area contributed by atoms with E-state index in [4.69, 9.17) is 6.42 Å². The van der Waals surface area contributed by atoms with Crippen molar-refractivity contribution >= 4 is 0 Å². The summed E-state index contributed by atoms with van der Waals surface area (Å²) in [5.74, 6) is 8.50. The molecule has 0 saturated carbocycles. The second kappa shape index (κ2) is 10.1. The molecule has 0 unspecified atom stereocenters. The first-order valence-corrected chi connectivity index (χ1v) is 4.45. The van der Waals surface area contributed by atoms with E-state index in [9.17, 15) is 0 Å². The fourth-order valence-electron chi connectivity index (χ4n) is 0.878. The van der Waals surface area contributed by atoms with E-state index in [0.29, 0.717) is 0 Å². The average Bonchev–Trinajstić information content (AvgIpc) is 2.10. The Kier molecular flexibility index (Phi) is 9.31. The molecule has 1 N–H and O–H groups in total. The highest BCUT2D eigenvalue weighted by atomic mass is 14.8. The van der Waals surface area contributed by atoms with E-state index in [1.165, 1.54) is 6.42 Å². The molecule has 0 atom stereocenters. The normalized spacial score (nSPS) is 8.33. The van der Waals surface area contributed by atoms with Crippen LogP contribution in [-0.4, -0.2) is 13.1 Å². The SMILES string of the molecule is C#CCCCCNCCC#CC. The van der Waals surface area contributed by atoms with Gasteiger partial charge in [0.2, 0.25) is 0 Å². The highest BCUT2D eigenvalue weighted by molar-refractivity contribution is 4.95. The Balaban J connectivity index is 2.90. The Hall–Kier alpha value is -0.920. The summed E-state index contributed by atoms with van der Waals surface area (Å²) >= 11 is 0. The summed E-state index contributed by atoms with van der Waals surface area (Å²) < 4.78 is 0. The van der Waals surface area contributed by atoms with E-state index in [1.54, 1.807) is 0 Å². The van der Waals surface area contributed by atoms with Crippen molar-refractivity contribution in [1.82, 2.24) is 5.32 Å². The lowest BCUT2D eigenvalue weighted by Gasteiger charge is -1.99. The summed E-state index contributed by atoms with van der Waals surface area (Å²) in [5.41, 5.74) is 0. The second-order valence-corrected chi connectivity index (χ2v) is 2.59. The lowest BCUT2D eigenvalue weighted by atomic mass is 10.2. The number of terminal acetylenes is 1. The van der Waals surface area contributed by atoms with Gasteiger partial charge in [0.15, 0.2) is 0 Å². The van der Waals surface area contributed by atoms with E-state index < -0.39 is 0 Å². The topological polar surface area (TPSA) is 12.0 Å². The lowest BCUT2D eigenvalue weighted by Crippen LogP contribution is -2.15. The first-order valence-electron chi connectivity index (χ1n) is 4.45. The second-order valence-electron chi connectivity index (χ2n) is 2.59. The summed E-state index contributed by atoms with van der Waals surface area (Å²) in [5, 5.41) is 3.31. The van der Waals surface area contributed by atoms with Crippen molar-refractivity contribution in [3.05, 3.63) is 0 Å². The van der Waals surface area contributed by atoms with Gasteiger partial charge in [-0.25, -0.2) is 0 Å². The summed E-state index contributed by atoms with van der Waals surface area (Å²) in [7, 11) is 0. The molecule has 0 saturated heterocycles. The third kappa shape index (κ3) is 9.08. The third-order valence-electron chi connectivity index (χ3n) is 1.53. The molecule has 0 aromatic rings. The molecule has 0 rings (SSSR count). The van der Waals surface area contributed by atoms with Gasteiger partial charge in [-0.2, -0.15) is 0 Å². The molecular formula is C11H17N. The van der Waals surface area contributed by atoms with Crippen LogP contribution in [0.25, 0.3) is 0 Å². The summed E-state index contributed by atoms with van der Waals surface area (Å²) in [6, 6.07) is 0. The van der Waals surface area contributed by atoms with Gasteiger partial charge in [-0.3, -0.25) is 0 Å². The van der Waals surface area contributed by atoms with Crippen LogP contribution in [0.4, 0.5) is 0 Å². The van der Waals surface area contributed by atoms with Crippen molar-refractivity contribution in [1.29, 1.82) is 0 Å². The molecule has 0 spiro atoms. The maximum atomic E-state index is 5.12. The maximum Gasteiger partial charge on any atom is 0.0214 e. The molecular weight excluding hydrogens is 146 g/mol. The third-order valence-corrected chi connectivity index (χ3v) is 1.53.